The Morgan fingerprint density at radius 3 is 2.53 bits per heavy atom. The fraction of sp³-hybridized carbons (Fsp3) is 0.467. The van der Waals surface area contributed by atoms with Crippen LogP contribution >= 0.6 is 11.3 Å². The van der Waals surface area contributed by atoms with E-state index in [1.54, 1.807) is 11.3 Å². The molecule has 2 aromatic rings. The van der Waals surface area contributed by atoms with Gasteiger partial charge in [-0.05, 0) is 56.8 Å². The quantitative estimate of drug-likeness (QED) is 0.821. The van der Waals surface area contributed by atoms with Gasteiger partial charge in [-0.2, -0.15) is 0 Å². The third-order valence-corrected chi connectivity index (χ3v) is 4.06. The zero-order valence-corrected chi connectivity index (χ0v) is 12.7. The predicted octanol–water partition coefficient (Wildman–Crippen LogP) is 3.36. The van der Waals surface area contributed by atoms with Crippen molar-refractivity contribution >= 4 is 11.3 Å². The Hall–Kier alpha value is -1.26. The van der Waals surface area contributed by atoms with Gasteiger partial charge < -0.3 is 5.32 Å². The van der Waals surface area contributed by atoms with Gasteiger partial charge in [-0.3, -0.25) is 0 Å². The molecule has 4 heteroatoms. The van der Waals surface area contributed by atoms with Crippen LogP contribution in [0.25, 0.3) is 10.7 Å². The monoisotopic (exact) mass is 275 g/mol. The smallest absolute Gasteiger partial charge is 0.169 e. The van der Waals surface area contributed by atoms with Crippen LogP contribution in [-0.4, -0.2) is 23.1 Å². The fourth-order valence-corrected chi connectivity index (χ4v) is 2.84. The summed E-state index contributed by atoms with van der Waals surface area (Å²) in [5, 5.41) is 5.42. The molecule has 0 aliphatic heterocycles. The van der Waals surface area contributed by atoms with Crippen molar-refractivity contribution in [2.75, 3.05) is 13.1 Å². The van der Waals surface area contributed by atoms with Crippen LogP contribution in [0.5, 0.6) is 0 Å². The van der Waals surface area contributed by atoms with Gasteiger partial charge in [0, 0.05) is 11.4 Å². The third kappa shape index (κ3) is 3.61. The van der Waals surface area contributed by atoms with E-state index in [2.05, 4.69) is 47.5 Å². The third-order valence-electron chi connectivity index (χ3n) is 3.19. The van der Waals surface area contributed by atoms with Crippen LogP contribution in [0.3, 0.4) is 0 Å². The SMILES string of the molecule is CCNCCCc1c(C)nc(-c2cccs2)nc1C. The molecule has 19 heavy (non-hydrogen) atoms. The van der Waals surface area contributed by atoms with Crippen molar-refractivity contribution in [1.29, 1.82) is 0 Å². The molecule has 0 bridgehead atoms. The van der Waals surface area contributed by atoms with Gasteiger partial charge in [-0.15, -0.1) is 11.3 Å². The second-order valence-electron chi connectivity index (χ2n) is 4.63. The molecule has 0 amide bonds. The second-order valence-corrected chi connectivity index (χ2v) is 5.58. The molecule has 0 saturated carbocycles. The number of aromatic nitrogens is 2. The van der Waals surface area contributed by atoms with E-state index in [1.807, 2.05) is 6.07 Å². The van der Waals surface area contributed by atoms with Gasteiger partial charge in [0.25, 0.3) is 0 Å². The Kier molecular flexibility index (Phi) is 5.05. The zero-order chi connectivity index (χ0) is 13.7. The molecule has 0 fully saturated rings. The zero-order valence-electron chi connectivity index (χ0n) is 11.9. The molecule has 2 heterocycles. The van der Waals surface area contributed by atoms with E-state index >= 15 is 0 Å². The number of aryl methyl sites for hydroxylation is 2. The van der Waals surface area contributed by atoms with Crippen molar-refractivity contribution in [1.82, 2.24) is 15.3 Å². The van der Waals surface area contributed by atoms with Crippen LogP contribution in [0.2, 0.25) is 0 Å². The Morgan fingerprint density at radius 1 is 1.21 bits per heavy atom. The topological polar surface area (TPSA) is 37.8 Å². The van der Waals surface area contributed by atoms with Crippen molar-refractivity contribution in [2.45, 2.75) is 33.6 Å². The standard InChI is InChI=1S/C15H21N3S/c1-4-16-9-5-7-13-11(2)17-15(18-12(13)3)14-8-6-10-19-14/h6,8,10,16H,4-5,7,9H2,1-3H3. The van der Waals surface area contributed by atoms with Gasteiger partial charge in [0.1, 0.15) is 0 Å². The predicted molar refractivity (Wildman–Crippen MR) is 81.7 cm³/mol. The molecule has 3 nitrogen and oxygen atoms in total. The number of hydrogen-bond donors (Lipinski definition) is 1. The van der Waals surface area contributed by atoms with E-state index in [-0.39, 0.29) is 0 Å². The lowest BCUT2D eigenvalue weighted by atomic mass is 10.1. The molecule has 0 aliphatic rings. The molecule has 0 aromatic carbocycles. The van der Waals surface area contributed by atoms with Gasteiger partial charge in [0.15, 0.2) is 5.82 Å². The minimum absolute atomic E-state index is 0.862. The molecular formula is C15H21N3S. The maximum atomic E-state index is 4.65. The number of thiophene rings is 1. The van der Waals surface area contributed by atoms with Gasteiger partial charge in [-0.25, -0.2) is 9.97 Å². The Balaban J connectivity index is 2.13. The summed E-state index contributed by atoms with van der Waals surface area (Å²) in [5.74, 6) is 0.862. The molecule has 0 spiro atoms. The highest BCUT2D eigenvalue weighted by Gasteiger charge is 2.10. The summed E-state index contributed by atoms with van der Waals surface area (Å²) in [6.07, 6.45) is 2.19. The lowest BCUT2D eigenvalue weighted by Gasteiger charge is -2.10. The molecule has 102 valence electrons. The summed E-state index contributed by atoms with van der Waals surface area (Å²) in [4.78, 5) is 10.5. The first-order valence-electron chi connectivity index (χ1n) is 6.81. The average Bonchev–Trinajstić information content (AvgIpc) is 2.90. The molecule has 0 aliphatic carbocycles. The van der Waals surface area contributed by atoms with Gasteiger partial charge >= 0.3 is 0 Å². The van der Waals surface area contributed by atoms with Crippen LogP contribution in [0.1, 0.15) is 30.3 Å². The van der Waals surface area contributed by atoms with Crippen molar-refractivity contribution in [3.05, 3.63) is 34.5 Å². The number of hydrogen-bond acceptors (Lipinski definition) is 4. The highest BCUT2D eigenvalue weighted by molar-refractivity contribution is 7.13. The van der Waals surface area contributed by atoms with Crippen LogP contribution in [0.15, 0.2) is 17.5 Å². The van der Waals surface area contributed by atoms with Crippen molar-refractivity contribution in [3.8, 4) is 10.7 Å². The summed E-state index contributed by atoms with van der Waals surface area (Å²) in [7, 11) is 0. The lowest BCUT2D eigenvalue weighted by molar-refractivity contribution is 0.667. The first-order chi connectivity index (χ1) is 9.22. The molecule has 0 atom stereocenters. The van der Waals surface area contributed by atoms with Gasteiger partial charge in [-0.1, -0.05) is 13.0 Å². The lowest BCUT2D eigenvalue weighted by Crippen LogP contribution is -2.15. The summed E-state index contributed by atoms with van der Waals surface area (Å²) < 4.78 is 0. The van der Waals surface area contributed by atoms with Crippen LogP contribution in [-0.2, 0) is 6.42 Å². The summed E-state index contributed by atoms with van der Waals surface area (Å²) in [5.41, 5.74) is 3.54. The average molecular weight is 275 g/mol. The minimum atomic E-state index is 0.862. The minimum Gasteiger partial charge on any atom is -0.317 e. The number of nitrogens with zero attached hydrogens (tertiary/aromatic N) is 2. The van der Waals surface area contributed by atoms with Crippen molar-refractivity contribution in [3.63, 3.8) is 0 Å². The second kappa shape index (κ2) is 6.78. The van der Waals surface area contributed by atoms with E-state index in [0.717, 1.165) is 48.0 Å². The van der Waals surface area contributed by atoms with Crippen LogP contribution < -0.4 is 5.32 Å². The number of rotatable bonds is 6. The fourth-order valence-electron chi connectivity index (χ4n) is 2.18. The van der Waals surface area contributed by atoms with E-state index in [4.69, 9.17) is 0 Å². The Morgan fingerprint density at radius 2 is 1.95 bits per heavy atom. The molecule has 2 rings (SSSR count). The molecule has 2 aromatic heterocycles. The first-order valence-corrected chi connectivity index (χ1v) is 7.69. The molecule has 0 unspecified atom stereocenters. The van der Waals surface area contributed by atoms with E-state index in [0.29, 0.717) is 0 Å². The van der Waals surface area contributed by atoms with Gasteiger partial charge in [0.2, 0.25) is 0 Å². The summed E-state index contributed by atoms with van der Waals surface area (Å²) in [6.45, 7) is 8.41. The van der Waals surface area contributed by atoms with Crippen LogP contribution in [0.4, 0.5) is 0 Å². The van der Waals surface area contributed by atoms with Crippen LogP contribution in [0, 0.1) is 13.8 Å². The Bertz CT molecular complexity index is 497. The summed E-state index contributed by atoms with van der Waals surface area (Å²) >= 11 is 1.69. The van der Waals surface area contributed by atoms with E-state index < -0.39 is 0 Å². The largest absolute Gasteiger partial charge is 0.317 e. The summed E-state index contributed by atoms with van der Waals surface area (Å²) in [6, 6.07) is 4.11. The molecule has 1 N–H and O–H groups in total. The Labute approximate surface area is 119 Å². The molecular weight excluding hydrogens is 254 g/mol. The maximum absolute atomic E-state index is 4.65. The normalized spacial score (nSPS) is 10.9. The number of nitrogens with one attached hydrogen (secondary N) is 1. The molecule has 0 saturated heterocycles. The molecule has 0 radical (unpaired) electrons. The maximum Gasteiger partial charge on any atom is 0.169 e. The van der Waals surface area contributed by atoms with Gasteiger partial charge in [0.05, 0.1) is 4.88 Å². The van der Waals surface area contributed by atoms with Crippen molar-refractivity contribution in [2.24, 2.45) is 0 Å². The van der Waals surface area contributed by atoms with E-state index in [1.165, 1.54) is 5.56 Å². The first kappa shape index (κ1) is 14.2. The van der Waals surface area contributed by atoms with Crippen molar-refractivity contribution < 1.29 is 0 Å². The highest BCUT2D eigenvalue weighted by Crippen LogP contribution is 2.23. The van der Waals surface area contributed by atoms with E-state index in [9.17, 15) is 0 Å². The highest BCUT2D eigenvalue weighted by atomic mass is 32.1.